The molecule has 1 aromatic carbocycles. The van der Waals surface area contributed by atoms with E-state index in [0.717, 1.165) is 5.56 Å². The third-order valence-corrected chi connectivity index (χ3v) is 1.75. The second-order valence-electron chi connectivity index (χ2n) is 4.44. The van der Waals surface area contributed by atoms with Crippen LogP contribution < -0.4 is 5.73 Å². The fourth-order valence-electron chi connectivity index (χ4n) is 0.977. The van der Waals surface area contributed by atoms with Crippen molar-refractivity contribution in [2.45, 2.75) is 20.8 Å². The molecule has 0 aliphatic rings. The van der Waals surface area contributed by atoms with Gasteiger partial charge in [0, 0.05) is 16.5 Å². The lowest BCUT2D eigenvalue weighted by Gasteiger charge is -2.06. The molecule has 0 fully saturated rings. The number of primary amides is 1. The Morgan fingerprint density at radius 3 is 2.13 bits per heavy atom. The standard InChI is InChI=1S/C13H15NO/c1-13(2,3)9-8-10-4-6-11(7-5-10)12(14)15/h4-7H,1-3H3,(H2,14,15). The summed E-state index contributed by atoms with van der Waals surface area (Å²) in [6, 6.07) is 6.99. The number of hydrogen-bond acceptors (Lipinski definition) is 1. The van der Waals surface area contributed by atoms with Crippen molar-refractivity contribution in [2.75, 3.05) is 0 Å². The Morgan fingerprint density at radius 1 is 1.20 bits per heavy atom. The van der Waals surface area contributed by atoms with Crippen molar-refractivity contribution in [3.8, 4) is 11.8 Å². The van der Waals surface area contributed by atoms with E-state index in [4.69, 9.17) is 5.73 Å². The van der Waals surface area contributed by atoms with Crippen LogP contribution in [-0.4, -0.2) is 5.91 Å². The predicted molar refractivity (Wildman–Crippen MR) is 61.3 cm³/mol. The minimum atomic E-state index is -0.412. The topological polar surface area (TPSA) is 43.1 Å². The average molecular weight is 201 g/mol. The molecule has 0 radical (unpaired) electrons. The molecule has 2 nitrogen and oxygen atoms in total. The summed E-state index contributed by atoms with van der Waals surface area (Å²) in [5, 5.41) is 0. The summed E-state index contributed by atoms with van der Waals surface area (Å²) in [6.45, 7) is 6.16. The lowest BCUT2D eigenvalue weighted by Crippen LogP contribution is -2.10. The summed E-state index contributed by atoms with van der Waals surface area (Å²) >= 11 is 0. The minimum absolute atomic E-state index is 0.0115. The van der Waals surface area contributed by atoms with Crippen molar-refractivity contribution in [1.82, 2.24) is 0 Å². The molecule has 1 aromatic rings. The Bertz CT molecular complexity index is 413. The van der Waals surface area contributed by atoms with Gasteiger partial charge in [-0.05, 0) is 45.0 Å². The summed E-state index contributed by atoms with van der Waals surface area (Å²) in [6.07, 6.45) is 0. The first-order valence-electron chi connectivity index (χ1n) is 4.81. The fourth-order valence-corrected chi connectivity index (χ4v) is 0.977. The van der Waals surface area contributed by atoms with Crippen LogP contribution in [0.15, 0.2) is 24.3 Å². The van der Waals surface area contributed by atoms with Gasteiger partial charge in [-0.15, -0.1) is 0 Å². The molecule has 0 atom stereocenters. The van der Waals surface area contributed by atoms with E-state index >= 15 is 0 Å². The Morgan fingerprint density at radius 2 is 1.73 bits per heavy atom. The molecule has 2 heteroatoms. The van der Waals surface area contributed by atoms with Gasteiger partial charge in [-0.1, -0.05) is 11.8 Å². The highest BCUT2D eigenvalue weighted by atomic mass is 16.1. The zero-order valence-electron chi connectivity index (χ0n) is 9.29. The van der Waals surface area contributed by atoms with Crippen LogP contribution in [-0.2, 0) is 0 Å². The van der Waals surface area contributed by atoms with Gasteiger partial charge in [0.25, 0.3) is 0 Å². The third kappa shape index (κ3) is 3.86. The molecule has 0 heterocycles. The van der Waals surface area contributed by atoms with Crippen LogP contribution in [0, 0.1) is 17.3 Å². The zero-order valence-corrected chi connectivity index (χ0v) is 9.29. The lowest BCUT2D eigenvalue weighted by atomic mass is 9.97. The molecular weight excluding hydrogens is 186 g/mol. The molecule has 15 heavy (non-hydrogen) atoms. The molecule has 2 N–H and O–H groups in total. The molecule has 78 valence electrons. The molecular formula is C13H15NO. The van der Waals surface area contributed by atoms with Crippen molar-refractivity contribution < 1.29 is 4.79 Å². The van der Waals surface area contributed by atoms with Gasteiger partial charge in [0.15, 0.2) is 0 Å². The molecule has 0 aliphatic heterocycles. The van der Waals surface area contributed by atoms with Gasteiger partial charge < -0.3 is 5.73 Å². The quantitative estimate of drug-likeness (QED) is 0.695. The zero-order chi connectivity index (χ0) is 11.5. The van der Waals surface area contributed by atoms with Gasteiger partial charge >= 0.3 is 0 Å². The second kappa shape index (κ2) is 4.18. The molecule has 1 amide bonds. The van der Waals surface area contributed by atoms with Crippen LogP contribution in [0.3, 0.4) is 0 Å². The van der Waals surface area contributed by atoms with E-state index in [-0.39, 0.29) is 5.41 Å². The average Bonchev–Trinajstić information content (AvgIpc) is 2.14. The van der Waals surface area contributed by atoms with Gasteiger partial charge in [0.05, 0.1) is 0 Å². The Kier molecular flexibility index (Phi) is 3.16. The number of nitrogens with two attached hydrogens (primary N) is 1. The van der Waals surface area contributed by atoms with Gasteiger partial charge in [-0.3, -0.25) is 4.79 Å². The molecule has 0 unspecified atom stereocenters. The second-order valence-corrected chi connectivity index (χ2v) is 4.44. The Labute approximate surface area is 90.5 Å². The maximum atomic E-state index is 10.8. The predicted octanol–water partition coefficient (Wildman–Crippen LogP) is 2.18. The van der Waals surface area contributed by atoms with Crippen LogP contribution in [0.25, 0.3) is 0 Å². The van der Waals surface area contributed by atoms with Gasteiger partial charge in [-0.25, -0.2) is 0 Å². The number of amides is 1. The molecule has 0 aromatic heterocycles. The Hall–Kier alpha value is -1.75. The highest BCUT2D eigenvalue weighted by Gasteiger charge is 2.03. The van der Waals surface area contributed by atoms with E-state index in [0.29, 0.717) is 5.56 Å². The first-order valence-corrected chi connectivity index (χ1v) is 4.81. The maximum Gasteiger partial charge on any atom is 0.248 e. The van der Waals surface area contributed by atoms with Crippen molar-refractivity contribution >= 4 is 5.91 Å². The highest BCUT2D eigenvalue weighted by molar-refractivity contribution is 5.92. The van der Waals surface area contributed by atoms with Gasteiger partial charge in [0.2, 0.25) is 5.91 Å². The van der Waals surface area contributed by atoms with E-state index in [1.807, 2.05) is 0 Å². The molecule has 0 saturated heterocycles. The summed E-state index contributed by atoms with van der Waals surface area (Å²) in [5.41, 5.74) is 6.53. The number of rotatable bonds is 1. The summed E-state index contributed by atoms with van der Waals surface area (Å²) < 4.78 is 0. The van der Waals surface area contributed by atoms with Gasteiger partial charge in [0.1, 0.15) is 0 Å². The smallest absolute Gasteiger partial charge is 0.248 e. The van der Waals surface area contributed by atoms with Crippen molar-refractivity contribution in [3.63, 3.8) is 0 Å². The van der Waals surface area contributed by atoms with E-state index in [1.54, 1.807) is 24.3 Å². The normalized spacial score (nSPS) is 10.3. The molecule has 0 bridgehead atoms. The number of carbonyl (C=O) groups excluding carboxylic acids is 1. The van der Waals surface area contributed by atoms with E-state index in [9.17, 15) is 4.79 Å². The fraction of sp³-hybridized carbons (Fsp3) is 0.308. The van der Waals surface area contributed by atoms with Crippen LogP contribution in [0.2, 0.25) is 0 Å². The highest BCUT2D eigenvalue weighted by Crippen LogP contribution is 2.11. The largest absolute Gasteiger partial charge is 0.366 e. The first-order chi connectivity index (χ1) is 6.88. The molecule has 0 spiro atoms. The number of carbonyl (C=O) groups is 1. The Balaban J connectivity index is 2.89. The van der Waals surface area contributed by atoms with Crippen molar-refractivity contribution in [1.29, 1.82) is 0 Å². The van der Waals surface area contributed by atoms with E-state index < -0.39 is 5.91 Å². The lowest BCUT2D eigenvalue weighted by molar-refractivity contribution is 0.100. The van der Waals surface area contributed by atoms with E-state index in [2.05, 4.69) is 32.6 Å². The number of hydrogen-bond donors (Lipinski definition) is 1. The maximum absolute atomic E-state index is 10.8. The summed E-state index contributed by atoms with van der Waals surface area (Å²) in [4.78, 5) is 10.8. The van der Waals surface area contributed by atoms with Crippen LogP contribution in [0.5, 0.6) is 0 Å². The first kappa shape index (κ1) is 11.3. The number of benzene rings is 1. The van der Waals surface area contributed by atoms with Crippen molar-refractivity contribution in [2.24, 2.45) is 11.1 Å². The van der Waals surface area contributed by atoms with Crippen LogP contribution >= 0.6 is 0 Å². The summed E-state index contributed by atoms with van der Waals surface area (Å²) in [5.74, 6) is 5.76. The van der Waals surface area contributed by atoms with E-state index in [1.165, 1.54) is 0 Å². The summed E-state index contributed by atoms with van der Waals surface area (Å²) in [7, 11) is 0. The minimum Gasteiger partial charge on any atom is -0.366 e. The molecule has 0 saturated carbocycles. The van der Waals surface area contributed by atoms with Crippen LogP contribution in [0.4, 0.5) is 0 Å². The molecule has 0 aliphatic carbocycles. The van der Waals surface area contributed by atoms with Crippen LogP contribution in [0.1, 0.15) is 36.7 Å². The third-order valence-electron chi connectivity index (χ3n) is 1.75. The van der Waals surface area contributed by atoms with Crippen molar-refractivity contribution in [3.05, 3.63) is 35.4 Å². The SMILES string of the molecule is CC(C)(C)C#Cc1ccc(C(N)=O)cc1. The monoisotopic (exact) mass is 201 g/mol. The van der Waals surface area contributed by atoms with Gasteiger partial charge in [-0.2, -0.15) is 0 Å². The molecule has 1 rings (SSSR count).